The average Bonchev–Trinajstić information content (AvgIpc) is 2.94. The van der Waals surface area contributed by atoms with Crippen molar-refractivity contribution < 1.29 is 0 Å². The predicted molar refractivity (Wildman–Crippen MR) is 74.6 cm³/mol. The first-order valence-electron chi connectivity index (χ1n) is 6.39. The Hall–Kier alpha value is -1.09. The Balaban J connectivity index is 1.70. The smallest absolute Gasteiger partial charge is 0.134 e. The quantitative estimate of drug-likeness (QED) is 0.880. The minimum Gasteiger partial charge on any atom is -0.369 e. The summed E-state index contributed by atoms with van der Waals surface area (Å²) in [5, 5.41) is 6.93. The van der Waals surface area contributed by atoms with Crippen molar-refractivity contribution in [2.75, 3.05) is 11.9 Å². The Kier molecular flexibility index (Phi) is 3.02. The van der Waals surface area contributed by atoms with Gasteiger partial charge < -0.3 is 5.32 Å². The Labute approximate surface area is 106 Å². The summed E-state index contributed by atoms with van der Waals surface area (Å²) in [6.07, 6.45) is 6.03. The summed E-state index contributed by atoms with van der Waals surface area (Å²) in [5.74, 6) is 2.80. The standard InChI is InChI=1S/C14H18N2S/c1-10-2-3-11(8-10)9-16-14-12-5-7-17-13(12)4-6-15-14/h4-7,10-11H,2-3,8-9H2,1H3,(H,15,16). The minimum absolute atomic E-state index is 0.834. The molecule has 0 amide bonds. The maximum Gasteiger partial charge on any atom is 0.134 e. The van der Waals surface area contributed by atoms with Crippen LogP contribution in [0.1, 0.15) is 26.2 Å². The first-order chi connectivity index (χ1) is 8.33. The summed E-state index contributed by atoms with van der Waals surface area (Å²) < 4.78 is 1.32. The van der Waals surface area contributed by atoms with Crippen molar-refractivity contribution in [3.05, 3.63) is 23.7 Å². The highest BCUT2D eigenvalue weighted by Crippen LogP contribution is 2.31. The van der Waals surface area contributed by atoms with Crippen molar-refractivity contribution in [1.82, 2.24) is 4.98 Å². The van der Waals surface area contributed by atoms with Crippen molar-refractivity contribution in [2.45, 2.75) is 26.2 Å². The largest absolute Gasteiger partial charge is 0.369 e. The predicted octanol–water partition coefficient (Wildman–Crippen LogP) is 4.14. The Morgan fingerprint density at radius 3 is 3.18 bits per heavy atom. The van der Waals surface area contributed by atoms with E-state index in [0.717, 1.165) is 24.2 Å². The number of hydrogen-bond acceptors (Lipinski definition) is 3. The lowest BCUT2D eigenvalue weighted by molar-refractivity contribution is 0.537. The normalized spacial score (nSPS) is 24.3. The van der Waals surface area contributed by atoms with Gasteiger partial charge in [0.05, 0.1) is 0 Å². The van der Waals surface area contributed by atoms with Crippen molar-refractivity contribution in [3.8, 4) is 0 Å². The zero-order valence-electron chi connectivity index (χ0n) is 10.1. The Morgan fingerprint density at radius 1 is 1.41 bits per heavy atom. The zero-order valence-corrected chi connectivity index (χ0v) is 11.0. The molecule has 2 aromatic heterocycles. The van der Waals surface area contributed by atoms with E-state index in [-0.39, 0.29) is 0 Å². The van der Waals surface area contributed by atoms with E-state index in [1.54, 1.807) is 11.3 Å². The van der Waals surface area contributed by atoms with Gasteiger partial charge in [-0.05, 0) is 42.2 Å². The second-order valence-corrected chi connectivity index (χ2v) is 6.10. The molecule has 0 bridgehead atoms. The number of pyridine rings is 1. The lowest BCUT2D eigenvalue weighted by Gasteiger charge is -2.12. The Morgan fingerprint density at radius 2 is 2.35 bits per heavy atom. The molecule has 0 aromatic carbocycles. The molecule has 2 atom stereocenters. The van der Waals surface area contributed by atoms with Crippen LogP contribution in [0, 0.1) is 11.8 Å². The van der Waals surface area contributed by atoms with Gasteiger partial charge in [-0.3, -0.25) is 0 Å². The van der Waals surface area contributed by atoms with Gasteiger partial charge in [-0.15, -0.1) is 11.3 Å². The fourth-order valence-corrected chi connectivity index (χ4v) is 3.57. The topological polar surface area (TPSA) is 24.9 Å². The second-order valence-electron chi connectivity index (χ2n) is 5.16. The molecule has 2 heterocycles. The summed E-state index contributed by atoms with van der Waals surface area (Å²) in [4.78, 5) is 4.45. The molecule has 1 fully saturated rings. The summed E-state index contributed by atoms with van der Waals surface area (Å²) in [7, 11) is 0. The third-order valence-electron chi connectivity index (χ3n) is 3.74. The van der Waals surface area contributed by atoms with Crippen LogP contribution in [0.2, 0.25) is 0 Å². The van der Waals surface area contributed by atoms with Crippen molar-refractivity contribution in [1.29, 1.82) is 0 Å². The fourth-order valence-electron chi connectivity index (χ4n) is 2.79. The maximum atomic E-state index is 4.45. The van der Waals surface area contributed by atoms with Gasteiger partial charge in [0.25, 0.3) is 0 Å². The van der Waals surface area contributed by atoms with Crippen LogP contribution in [0.3, 0.4) is 0 Å². The van der Waals surface area contributed by atoms with Crippen LogP contribution >= 0.6 is 11.3 Å². The lowest BCUT2D eigenvalue weighted by Crippen LogP contribution is -2.12. The molecule has 2 unspecified atom stereocenters. The van der Waals surface area contributed by atoms with Gasteiger partial charge in [0, 0.05) is 22.8 Å². The molecule has 1 saturated carbocycles. The van der Waals surface area contributed by atoms with Gasteiger partial charge >= 0.3 is 0 Å². The Bertz CT molecular complexity index is 506. The van der Waals surface area contributed by atoms with Gasteiger partial charge in [-0.1, -0.05) is 13.3 Å². The van der Waals surface area contributed by atoms with Crippen LogP contribution in [0.4, 0.5) is 5.82 Å². The summed E-state index contributed by atoms with van der Waals surface area (Å²) in [5.41, 5.74) is 0. The van der Waals surface area contributed by atoms with Crippen LogP contribution in [0.15, 0.2) is 23.7 Å². The summed E-state index contributed by atoms with van der Waals surface area (Å²) in [6.45, 7) is 3.43. The fraction of sp³-hybridized carbons (Fsp3) is 0.500. The first kappa shape index (κ1) is 11.0. The van der Waals surface area contributed by atoms with E-state index >= 15 is 0 Å². The van der Waals surface area contributed by atoms with Gasteiger partial charge in [0.1, 0.15) is 5.82 Å². The van der Waals surface area contributed by atoms with Gasteiger partial charge in [0.2, 0.25) is 0 Å². The highest BCUT2D eigenvalue weighted by Gasteiger charge is 2.21. The van der Waals surface area contributed by atoms with Crippen LogP contribution in [-0.4, -0.2) is 11.5 Å². The number of aromatic nitrogens is 1. The summed E-state index contributed by atoms with van der Waals surface area (Å²) in [6, 6.07) is 4.25. The molecule has 0 saturated heterocycles. The third kappa shape index (κ3) is 2.29. The third-order valence-corrected chi connectivity index (χ3v) is 4.62. The molecule has 2 nitrogen and oxygen atoms in total. The van der Waals surface area contributed by atoms with Gasteiger partial charge in [-0.25, -0.2) is 4.98 Å². The highest BCUT2D eigenvalue weighted by molar-refractivity contribution is 7.17. The molecule has 2 aromatic rings. The van der Waals surface area contributed by atoms with Crippen molar-refractivity contribution in [2.24, 2.45) is 11.8 Å². The lowest BCUT2D eigenvalue weighted by atomic mass is 10.1. The molecular formula is C14H18N2S. The zero-order chi connectivity index (χ0) is 11.7. The maximum absolute atomic E-state index is 4.45. The summed E-state index contributed by atoms with van der Waals surface area (Å²) >= 11 is 1.78. The molecule has 1 aliphatic rings. The van der Waals surface area contributed by atoms with Crippen molar-refractivity contribution >= 4 is 27.2 Å². The monoisotopic (exact) mass is 246 g/mol. The van der Waals surface area contributed by atoms with Crippen LogP contribution in [0.25, 0.3) is 10.1 Å². The van der Waals surface area contributed by atoms with E-state index in [4.69, 9.17) is 0 Å². The molecular weight excluding hydrogens is 228 g/mol. The highest BCUT2D eigenvalue weighted by atomic mass is 32.1. The van der Waals surface area contributed by atoms with E-state index in [1.165, 1.54) is 29.3 Å². The van der Waals surface area contributed by atoms with E-state index in [1.807, 2.05) is 6.20 Å². The number of rotatable bonds is 3. The molecule has 17 heavy (non-hydrogen) atoms. The number of anilines is 1. The molecule has 0 aliphatic heterocycles. The van der Waals surface area contributed by atoms with Crippen molar-refractivity contribution in [3.63, 3.8) is 0 Å². The molecule has 1 aliphatic carbocycles. The molecule has 0 radical (unpaired) electrons. The second kappa shape index (κ2) is 4.65. The minimum atomic E-state index is 0.834. The molecule has 90 valence electrons. The number of nitrogens with zero attached hydrogens (tertiary/aromatic N) is 1. The van der Waals surface area contributed by atoms with E-state index in [9.17, 15) is 0 Å². The molecule has 0 spiro atoms. The molecule has 3 rings (SSSR count). The van der Waals surface area contributed by atoms with E-state index in [2.05, 4.69) is 34.7 Å². The van der Waals surface area contributed by atoms with E-state index < -0.39 is 0 Å². The first-order valence-corrected chi connectivity index (χ1v) is 7.27. The van der Waals surface area contributed by atoms with Crippen LogP contribution in [0.5, 0.6) is 0 Å². The number of nitrogens with one attached hydrogen (secondary N) is 1. The van der Waals surface area contributed by atoms with Crippen LogP contribution < -0.4 is 5.32 Å². The molecule has 1 N–H and O–H groups in total. The number of thiophene rings is 1. The average molecular weight is 246 g/mol. The van der Waals surface area contributed by atoms with E-state index in [0.29, 0.717) is 0 Å². The number of fused-ring (bicyclic) bond motifs is 1. The van der Waals surface area contributed by atoms with Gasteiger partial charge in [-0.2, -0.15) is 0 Å². The van der Waals surface area contributed by atoms with Gasteiger partial charge in [0.15, 0.2) is 0 Å². The molecule has 3 heteroatoms. The SMILES string of the molecule is CC1CCC(CNc2nccc3sccc23)C1. The van der Waals surface area contributed by atoms with Crippen LogP contribution in [-0.2, 0) is 0 Å². The number of hydrogen-bond donors (Lipinski definition) is 1.